The minimum Gasteiger partial charge on any atom is -0.350 e. The van der Waals surface area contributed by atoms with Gasteiger partial charge in [-0.15, -0.1) is 0 Å². The van der Waals surface area contributed by atoms with E-state index in [0.717, 1.165) is 64.1 Å². The van der Waals surface area contributed by atoms with Crippen LogP contribution in [0.3, 0.4) is 0 Å². The Hall–Kier alpha value is -2.32. The van der Waals surface area contributed by atoms with E-state index in [1.54, 1.807) is 6.20 Å². The Morgan fingerprint density at radius 3 is 2.83 bits per heavy atom. The molecule has 0 unspecified atom stereocenters. The molecule has 0 aromatic carbocycles. The highest BCUT2D eigenvalue weighted by atomic mass is 16.5. The normalized spacial score (nSPS) is 21.9. The molecule has 2 saturated heterocycles. The average molecular weight is 399 g/mol. The molecule has 8 nitrogen and oxygen atoms in total. The molecule has 1 amide bonds. The summed E-state index contributed by atoms with van der Waals surface area (Å²) in [5, 5.41) is 6.94. The van der Waals surface area contributed by atoms with Crippen LogP contribution in [-0.2, 0) is 17.9 Å². The van der Waals surface area contributed by atoms with E-state index >= 15 is 0 Å². The van der Waals surface area contributed by atoms with Crippen molar-refractivity contribution in [2.45, 2.75) is 51.7 Å². The molecule has 156 valence electrons. The zero-order chi connectivity index (χ0) is 20.1. The van der Waals surface area contributed by atoms with Gasteiger partial charge in [-0.1, -0.05) is 11.2 Å². The topological polar surface area (TPSA) is 87.4 Å². The Morgan fingerprint density at radius 1 is 1.24 bits per heavy atom. The number of amides is 1. The number of piperidine rings is 2. The molecule has 8 heteroatoms. The van der Waals surface area contributed by atoms with Gasteiger partial charge in [0, 0.05) is 31.9 Å². The zero-order valence-corrected chi connectivity index (χ0v) is 17.1. The molecular weight excluding hydrogens is 368 g/mol. The molecule has 2 aromatic heterocycles. The van der Waals surface area contributed by atoms with Gasteiger partial charge in [0.05, 0.1) is 24.7 Å². The number of aromatic nitrogens is 3. The predicted molar refractivity (Wildman–Crippen MR) is 108 cm³/mol. The fraction of sp³-hybridized carbons (Fsp3) is 0.619. The molecule has 0 saturated carbocycles. The standard InChI is InChI=1S/C21H30N6O2/c1-16-24-20(29-25-16)15-26-11-7-19(8-12-26)27-10-4-5-17(14-27)21(28)23-13-18-6-2-3-9-22-18/h2-3,6,9,17,19H,4-5,7-8,10-15H2,1H3,(H,23,28)/t17-/m0/s1. The first-order valence-electron chi connectivity index (χ1n) is 10.6. The predicted octanol–water partition coefficient (Wildman–Crippen LogP) is 1.77. The number of rotatable bonds is 6. The Labute approximate surface area is 171 Å². The second-order valence-corrected chi connectivity index (χ2v) is 8.12. The summed E-state index contributed by atoms with van der Waals surface area (Å²) in [6.45, 7) is 7.09. The lowest BCUT2D eigenvalue weighted by Gasteiger charge is -2.41. The van der Waals surface area contributed by atoms with E-state index in [0.29, 0.717) is 24.3 Å². The SMILES string of the molecule is Cc1noc(CN2CCC(N3CCC[C@H](C(=O)NCc4ccccn4)C3)CC2)n1. The van der Waals surface area contributed by atoms with Crippen molar-refractivity contribution < 1.29 is 9.32 Å². The van der Waals surface area contributed by atoms with Crippen LogP contribution in [0.2, 0.25) is 0 Å². The summed E-state index contributed by atoms with van der Waals surface area (Å²) in [5.74, 6) is 1.62. The molecule has 1 N–H and O–H groups in total. The van der Waals surface area contributed by atoms with Crippen LogP contribution in [0.5, 0.6) is 0 Å². The number of nitrogens with one attached hydrogen (secondary N) is 1. The third-order valence-corrected chi connectivity index (χ3v) is 6.00. The molecule has 2 aliphatic rings. The highest BCUT2D eigenvalue weighted by Crippen LogP contribution is 2.24. The Morgan fingerprint density at radius 2 is 2.10 bits per heavy atom. The van der Waals surface area contributed by atoms with Crippen molar-refractivity contribution in [3.05, 3.63) is 41.8 Å². The van der Waals surface area contributed by atoms with E-state index < -0.39 is 0 Å². The molecule has 0 aliphatic carbocycles. The van der Waals surface area contributed by atoms with E-state index in [9.17, 15) is 4.79 Å². The largest absolute Gasteiger partial charge is 0.350 e. The van der Waals surface area contributed by atoms with Crippen molar-refractivity contribution >= 4 is 5.91 Å². The fourth-order valence-electron chi connectivity index (χ4n) is 4.41. The van der Waals surface area contributed by atoms with Crippen LogP contribution in [0.4, 0.5) is 0 Å². The molecule has 2 aliphatic heterocycles. The van der Waals surface area contributed by atoms with Gasteiger partial charge in [-0.3, -0.25) is 19.6 Å². The van der Waals surface area contributed by atoms with Crippen LogP contribution < -0.4 is 5.32 Å². The van der Waals surface area contributed by atoms with E-state index in [4.69, 9.17) is 4.52 Å². The molecular formula is C21H30N6O2. The third-order valence-electron chi connectivity index (χ3n) is 6.00. The van der Waals surface area contributed by atoms with Crippen LogP contribution >= 0.6 is 0 Å². The van der Waals surface area contributed by atoms with Gasteiger partial charge in [-0.05, 0) is 51.3 Å². The van der Waals surface area contributed by atoms with E-state index in [-0.39, 0.29) is 11.8 Å². The second-order valence-electron chi connectivity index (χ2n) is 8.12. The van der Waals surface area contributed by atoms with Crippen molar-refractivity contribution in [1.29, 1.82) is 0 Å². The van der Waals surface area contributed by atoms with Gasteiger partial charge < -0.3 is 9.84 Å². The highest BCUT2D eigenvalue weighted by molar-refractivity contribution is 5.78. The zero-order valence-electron chi connectivity index (χ0n) is 17.1. The lowest BCUT2D eigenvalue weighted by molar-refractivity contribution is -0.127. The van der Waals surface area contributed by atoms with E-state index in [1.165, 1.54) is 0 Å². The Balaban J connectivity index is 1.23. The number of likely N-dealkylation sites (tertiary alicyclic amines) is 2. The van der Waals surface area contributed by atoms with Gasteiger partial charge in [0.2, 0.25) is 11.8 Å². The maximum atomic E-state index is 12.7. The molecule has 0 spiro atoms. The number of pyridine rings is 1. The molecule has 2 fully saturated rings. The van der Waals surface area contributed by atoms with Gasteiger partial charge in [-0.25, -0.2) is 0 Å². The highest BCUT2D eigenvalue weighted by Gasteiger charge is 2.31. The number of hydrogen-bond acceptors (Lipinski definition) is 7. The van der Waals surface area contributed by atoms with Crippen LogP contribution in [0.15, 0.2) is 28.9 Å². The molecule has 2 aromatic rings. The number of carbonyl (C=O) groups excluding carboxylic acids is 1. The van der Waals surface area contributed by atoms with Gasteiger partial charge in [0.15, 0.2) is 5.82 Å². The van der Waals surface area contributed by atoms with Crippen LogP contribution in [0, 0.1) is 12.8 Å². The summed E-state index contributed by atoms with van der Waals surface area (Å²) in [7, 11) is 0. The number of nitrogens with zero attached hydrogens (tertiary/aromatic N) is 5. The van der Waals surface area contributed by atoms with Gasteiger partial charge in [-0.2, -0.15) is 4.98 Å². The van der Waals surface area contributed by atoms with Crippen molar-refractivity contribution in [3.63, 3.8) is 0 Å². The summed E-state index contributed by atoms with van der Waals surface area (Å²) < 4.78 is 5.24. The van der Waals surface area contributed by atoms with Gasteiger partial charge >= 0.3 is 0 Å². The molecule has 0 radical (unpaired) electrons. The second kappa shape index (κ2) is 9.45. The van der Waals surface area contributed by atoms with Crippen LogP contribution in [-0.4, -0.2) is 63.1 Å². The Bertz CT molecular complexity index is 787. The minimum absolute atomic E-state index is 0.0758. The summed E-state index contributed by atoms with van der Waals surface area (Å²) in [6.07, 6.45) is 6.06. The van der Waals surface area contributed by atoms with Crippen molar-refractivity contribution in [2.75, 3.05) is 26.2 Å². The maximum Gasteiger partial charge on any atom is 0.240 e. The van der Waals surface area contributed by atoms with Crippen LogP contribution in [0.1, 0.15) is 43.1 Å². The average Bonchev–Trinajstić information content (AvgIpc) is 3.18. The van der Waals surface area contributed by atoms with Crippen LogP contribution in [0.25, 0.3) is 0 Å². The summed E-state index contributed by atoms with van der Waals surface area (Å²) >= 11 is 0. The number of hydrogen-bond donors (Lipinski definition) is 1. The first kappa shape index (κ1) is 20.0. The fourth-order valence-corrected chi connectivity index (χ4v) is 4.41. The lowest BCUT2D eigenvalue weighted by Crippen LogP contribution is -2.50. The molecule has 1 atom stereocenters. The van der Waals surface area contributed by atoms with E-state index in [1.807, 2.05) is 25.1 Å². The molecule has 29 heavy (non-hydrogen) atoms. The summed E-state index contributed by atoms with van der Waals surface area (Å²) in [5.41, 5.74) is 0.900. The number of carbonyl (C=O) groups is 1. The Kier molecular flexibility index (Phi) is 6.51. The summed E-state index contributed by atoms with van der Waals surface area (Å²) in [4.78, 5) is 26.2. The first-order valence-corrected chi connectivity index (χ1v) is 10.6. The maximum absolute atomic E-state index is 12.7. The first-order chi connectivity index (χ1) is 14.2. The quantitative estimate of drug-likeness (QED) is 0.793. The number of aryl methyl sites for hydroxylation is 1. The smallest absolute Gasteiger partial charge is 0.240 e. The van der Waals surface area contributed by atoms with Gasteiger partial charge in [0.25, 0.3) is 0 Å². The van der Waals surface area contributed by atoms with Crippen molar-refractivity contribution in [2.24, 2.45) is 5.92 Å². The van der Waals surface area contributed by atoms with Gasteiger partial charge in [0.1, 0.15) is 0 Å². The monoisotopic (exact) mass is 398 g/mol. The summed E-state index contributed by atoms with van der Waals surface area (Å²) in [6, 6.07) is 6.33. The molecule has 4 heterocycles. The third kappa shape index (κ3) is 5.39. The van der Waals surface area contributed by atoms with Crippen molar-refractivity contribution in [1.82, 2.24) is 30.2 Å². The molecule has 0 bridgehead atoms. The van der Waals surface area contributed by atoms with E-state index in [2.05, 4.69) is 30.2 Å². The van der Waals surface area contributed by atoms with Crippen molar-refractivity contribution in [3.8, 4) is 0 Å². The lowest BCUT2D eigenvalue weighted by atomic mass is 9.93. The molecule has 4 rings (SSSR count). The minimum atomic E-state index is 0.0758.